The number of hydrogen-bond acceptors (Lipinski definition) is 1. The topological polar surface area (TPSA) is 29.1 Å². The van der Waals surface area contributed by atoms with Crippen LogP contribution in [0.2, 0.25) is 5.02 Å². The molecule has 1 amide bonds. The van der Waals surface area contributed by atoms with Crippen LogP contribution in [0, 0.1) is 12.7 Å². The van der Waals surface area contributed by atoms with Crippen molar-refractivity contribution in [3.63, 3.8) is 0 Å². The number of carbonyl (C=O) groups excluding carboxylic acids is 1. The maximum Gasteiger partial charge on any atom is 0.253 e. The Balaban J connectivity index is 2.08. The van der Waals surface area contributed by atoms with Gasteiger partial charge in [0.25, 0.3) is 5.91 Å². The smallest absolute Gasteiger partial charge is 0.253 e. The Kier molecular flexibility index (Phi) is 4.78. The van der Waals surface area contributed by atoms with Crippen LogP contribution in [0.5, 0.6) is 0 Å². The highest BCUT2D eigenvalue weighted by Crippen LogP contribution is 2.21. The molecule has 0 spiro atoms. The van der Waals surface area contributed by atoms with Crippen molar-refractivity contribution in [2.75, 3.05) is 0 Å². The zero-order valence-electron chi connectivity index (χ0n) is 10.7. The van der Waals surface area contributed by atoms with Gasteiger partial charge in [-0.15, -0.1) is 0 Å². The summed E-state index contributed by atoms with van der Waals surface area (Å²) in [5.41, 5.74) is 1.66. The number of hydrogen-bond donors (Lipinski definition) is 1. The van der Waals surface area contributed by atoms with Gasteiger partial charge in [-0.1, -0.05) is 39.7 Å². The second-order valence-electron chi connectivity index (χ2n) is 4.39. The highest BCUT2D eigenvalue weighted by Gasteiger charge is 2.10. The predicted octanol–water partition coefficient (Wildman–Crippen LogP) is 4.48. The summed E-state index contributed by atoms with van der Waals surface area (Å²) in [5.74, 6) is -0.575. The highest BCUT2D eigenvalue weighted by molar-refractivity contribution is 9.10. The lowest BCUT2D eigenvalue weighted by Crippen LogP contribution is -2.23. The van der Waals surface area contributed by atoms with Crippen LogP contribution >= 0.6 is 27.5 Å². The first-order chi connectivity index (χ1) is 9.47. The van der Waals surface area contributed by atoms with E-state index in [9.17, 15) is 9.18 Å². The van der Waals surface area contributed by atoms with Crippen LogP contribution in [0.25, 0.3) is 0 Å². The lowest BCUT2D eigenvalue weighted by Gasteiger charge is -2.08. The number of rotatable bonds is 3. The van der Waals surface area contributed by atoms with Crippen LogP contribution < -0.4 is 5.32 Å². The van der Waals surface area contributed by atoms with Crippen molar-refractivity contribution in [2.45, 2.75) is 13.5 Å². The van der Waals surface area contributed by atoms with E-state index in [2.05, 4.69) is 21.2 Å². The summed E-state index contributed by atoms with van der Waals surface area (Å²) in [6.07, 6.45) is 0. The molecule has 0 aromatic heterocycles. The van der Waals surface area contributed by atoms with Gasteiger partial charge in [-0.25, -0.2) is 4.39 Å². The van der Waals surface area contributed by atoms with Gasteiger partial charge >= 0.3 is 0 Å². The van der Waals surface area contributed by atoms with Crippen LogP contribution in [-0.2, 0) is 6.54 Å². The molecule has 5 heteroatoms. The van der Waals surface area contributed by atoms with Gasteiger partial charge in [0.05, 0.1) is 10.6 Å². The van der Waals surface area contributed by atoms with Crippen LogP contribution in [0.15, 0.2) is 40.9 Å². The normalized spacial score (nSPS) is 10.4. The molecule has 2 nitrogen and oxygen atoms in total. The fourth-order valence-corrected chi connectivity index (χ4v) is 2.26. The van der Waals surface area contributed by atoms with E-state index >= 15 is 0 Å². The Labute approximate surface area is 130 Å². The summed E-state index contributed by atoms with van der Waals surface area (Å²) in [6.45, 7) is 1.94. The van der Waals surface area contributed by atoms with Gasteiger partial charge in [0, 0.05) is 11.0 Å². The third kappa shape index (κ3) is 3.58. The number of amides is 1. The molecule has 0 saturated carbocycles. The zero-order valence-corrected chi connectivity index (χ0v) is 13.1. The van der Waals surface area contributed by atoms with Gasteiger partial charge in [-0.2, -0.15) is 0 Å². The van der Waals surface area contributed by atoms with E-state index in [0.29, 0.717) is 21.7 Å². The van der Waals surface area contributed by atoms with Gasteiger partial charge in [0.2, 0.25) is 0 Å². The van der Waals surface area contributed by atoms with Crippen molar-refractivity contribution in [2.24, 2.45) is 0 Å². The minimum atomic E-state index is -0.294. The first-order valence-corrected chi connectivity index (χ1v) is 7.13. The van der Waals surface area contributed by atoms with Crippen molar-refractivity contribution in [1.82, 2.24) is 5.32 Å². The fourth-order valence-electron chi connectivity index (χ4n) is 1.70. The third-order valence-corrected chi connectivity index (χ3v) is 3.69. The summed E-state index contributed by atoms with van der Waals surface area (Å²) in [6, 6.07) is 9.93. The summed E-state index contributed by atoms with van der Waals surface area (Å²) in [4.78, 5) is 12.0. The molecule has 0 radical (unpaired) electrons. The quantitative estimate of drug-likeness (QED) is 0.863. The minimum absolute atomic E-state index is 0.249. The lowest BCUT2D eigenvalue weighted by molar-refractivity contribution is 0.0951. The van der Waals surface area contributed by atoms with Crippen molar-refractivity contribution in [1.29, 1.82) is 0 Å². The van der Waals surface area contributed by atoms with Crippen molar-refractivity contribution < 1.29 is 9.18 Å². The summed E-state index contributed by atoms with van der Waals surface area (Å²) < 4.78 is 14.2. The molecule has 0 fully saturated rings. The Hall–Kier alpha value is -1.39. The highest BCUT2D eigenvalue weighted by atomic mass is 79.9. The average Bonchev–Trinajstić information content (AvgIpc) is 2.42. The van der Waals surface area contributed by atoms with Crippen molar-refractivity contribution in [3.8, 4) is 0 Å². The Morgan fingerprint density at radius 1 is 1.30 bits per heavy atom. The van der Waals surface area contributed by atoms with E-state index in [-0.39, 0.29) is 18.3 Å². The summed E-state index contributed by atoms with van der Waals surface area (Å²) >= 11 is 9.27. The standard InChI is InChI=1S/C15H12BrClFNO/c1-9-2-3-10(6-14(9)18)8-19-15(20)12-7-11(16)4-5-13(12)17/h2-7H,8H2,1H3,(H,19,20). The summed E-state index contributed by atoms with van der Waals surface area (Å²) in [5, 5.41) is 3.09. The molecule has 1 N–H and O–H groups in total. The number of aryl methyl sites for hydroxylation is 1. The first kappa shape index (κ1) is 15.0. The Morgan fingerprint density at radius 3 is 2.75 bits per heavy atom. The van der Waals surface area contributed by atoms with E-state index in [1.54, 1.807) is 37.3 Å². The zero-order chi connectivity index (χ0) is 14.7. The van der Waals surface area contributed by atoms with Gasteiger partial charge in [0.1, 0.15) is 5.82 Å². The SMILES string of the molecule is Cc1ccc(CNC(=O)c2cc(Br)ccc2Cl)cc1F. The summed E-state index contributed by atoms with van der Waals surface area (Å²) in [7, 11) is 0. The van der Waals surface area contributed by atoms with E-state index in [1.807, 2.05) is 0 Å². The van der Waals surface area contributed by atoms with E-state index < -0.39 is 0 Å². The number of benzene rings is 2. The van der Waals surface area contributed by atoms with Gasteiger partial charge < -0.3 is 5.32 Å². The van der Waals surface area contributed by atoms with Crippen LogP contribution in [-0.4, -0.2) is 5.91 Å². The molecule has 2 aromatic rings. The van der Waals surface area contributed by atoms with Crippen LogP contribution in [0.1, 0.15) is 21.5 Å². The first-order valence-electron chi connectivity index (χ1n) is 5.95. The van der Waals surface area contributed by atoms with Crippen LogP contribution in [0.4, 0.5) is 4.39 Å². The average molecular weight is 357 g/mol. The third-order valence-electron chi connectivity index (χ3n) is 2.86. The van der Waals surface area contributed by atoms with Crippen molar-refractivity contribution >= 4 is 33.4 Å². The Morgan fingerprint density at radius 2 is 2.05 bits per heavy atom. The van der Waals surface area contributed by atoms with E-state index in [0.717, 1.165) is 4.47 Å². The van der Waals surface area contributed by atoms with E-state index in [4.69, 9.17) is 11.6 Å². The molecule has 20 heavy (non-hydrogen) atoms. The van der Waals surface area contributed by atoms with Crippen LogP contribution in [0.3, 0.4) is 0 Å². The van der Waals surface area contributed by atoms with Gasteiger partial charge in [-0.05, 0) is 42.3 Å². The predicted molar refractivity (Wildman–Crippen MR) is 81.5 cm³/mol. The molecule has 0 saturated heterocycles. The molecule has 0 unspecified atom stereocenters. The molecule has 2 aromatic carbocycles. The molecule has 0 bridgehead atoms. The molecular formula is C15H12BrClFNO. The lowest BCUT2D eigenvalue weighted by atomic mass is 10.1. The molecule has 0 heterocycles. The largest absolute Gasteiger partial charge is 0.348 e. The number of carbonyl (C=O) groups is 1. The van der Waals surface area contributed by atoms with E-state index in [1.165, 1.54) is 6.07 Å². The maximum absolute atomic E-state index is 13.4. The fraction of sp³-hybridized carbons (Fsp3) is 0.133. The minimum Gasteiger partial charge on any atom is -0.348 e. The number of halogens is 3. The molecule has 0 aliphatic heterocycles. The molecule has 2 rings (SSSR count). The Bertz CT molecular complexity index is 660. The van der Waals surface area contributed by atoms with Gasteiger partial charge in [-0.3, -0.25) is 4.79 Å². The second-order valence-corrected chi connectivity index (χ2v) is 5.71. The number of nitrogens with one attached hydrogen (secondary N) is 1. The monoisotopic (exact) mass is 355 g/mol. The molecular weight excluding hydrogens is 345 g/mol. The molecule has 104 valence electrons. The maximum atomic E-state index is 13.4. The molecule has 0 atom stereocenters. The second kappa shape index (κ2) is 6.37. The van der Waals surface area contributed by atoms with Crippen molar-refractivity contribution in [3.05, 3.63) is 68.4 Å². The molecule has 0 aliphatic carbocycles. The van der Waals surface area contributed by atoms with Gasteiger partial charge in [0.15, 0.2) is 0 Å². The molecule has 0 aliphatic rings.